The number of ether oxygens (including phenoxy) is 1. The molecule has 3 rings (SSSR count). The van der Waals surface area contributed by atoms with Crippen molar-refractivity contribution in [3.8, 4) is 5.75 Å². The normalized spacial score (nSPS) is 23.6. The Bertz CT molecular complexity index is 372. The Balaban J connectivity index is 1.69. The minimum Gasteiger partial charge on any atom is -0.489 e. The molecule has 0 bridgehead atoms. The van der Waals surface area contributed by atoms with E-state index < -0.39 is 0 Å². The summed E-state index contributed by atoms with van der Waals surface area (Å²) >= 11 is 0. The van der Waals surface area contributed by atoms with Gasteiger partial charge < -0.3 is 15.4 Å². The molecule has 3 heteroatoms. The van der Waals surface area contributed by atoms with Gasteiger partial charge >= 0.3 is 0 Å². The van der Waals surface area contributed by atoms with Crippen LogP contribution in [-0.2, 0) is 6.42 Å². The van der Waals surface area contributed by atoms with E-state index in [1.54, 1.807) is 0 Å². The molecule has 1 saturated heterocycles. The Labute approximate surface area is 96.2 Å². The van der Waals surface area contributed by atoms with E-state index in [1.165, 1.54) is 24.1 Å². The van der Waals surface area contributed by atoms with Crippen molar-refractivity contribution in [2.24, 2.45) is 0 Å². The van der Waals surface area contributed by atoms with Gasteiger partial charge in [0.1, 0.15) is 11.9 Å². The van der Waals surface area contributed by atoms with Crippen LogP contribution in [-0.4, -0.2) is 25.7 Å². The molecular formula is C13H18N2O. The highest BCUT2D eigenvalue weighted by Gasteiger charge is 2.16. The number of hydrogen-bond acceptors (Lipinski definition) is 3. The van der Waals surface area contributed by atoms with Crippen LogP contribution in [0.4, 0.5) is 5.69 Å². The second-order valence-electron chi connectivity index (χ2n) is 4.58. The summed E-state index contributed by atoms with van der Waals surface area (Å²) in [6.07, 6.45) is 3.86. The molecule has 2 aliphatic heterocycles. The van der Waals surface area contributed by atoms with Gasteiger partial charge in [-0.05, 0) is 49.6 Å². The Morgan fingerprint density at radius 2 is 2.25 bits per heavy atom. The first-order valence-corrected chi connectivity index (χ1v) is 6.16. The van der Waals surface area contributed by atoms with Crippen LogP contribution in [0.3, 0.4) is 0 Å². The van der Waals surface area contributed by atoms with Crippen LogP contribution in [0.5, 0.6) is 5.75 Å². The van der Waals surface area contributed by atoms with Crippen LogP contribution in [0.25, 0.3) is 0 Å². The number of fused-ring (bicyclic) bond motifs is 1. The van der Waals surface area contributed by atoms with Crippen molar-refractivity contribution in [1.29, 1.82) is 0 Å². The molecule has 86 valence electrons. The summed E-state index contributed by atoms with van der Waals surface area (Å²) in [4.78, 5) is 0. The van der Waals surface area contributed by atoms with E-state index >= 15 is 0 Å². The quantitative estimate of drug-likeness (QED) is 0.794. The minimum atomic E-state index is 0.348. The van der Waals surface area contributed by atoms with Gasteiger partial charge in [0.25, 0.3) is 0 Å². The van der Waals surface area contributed by atoms with Gasteiger partial charge in [-0.2, -0.15) is 0 Å². The summed E-state index contributed by atoms with van der Waals surface area (Å²) in [7, 11) is 0. The van der Waals surface area contributed by atoms with Crippen molar-refractivity contribution in [2.75, 3.05) is 25.0 Å². The number of benzene rings is 1. The first-order valence-electron chi connectivity index (χ1n) is 6.16. The van der Waals surface area contributed by atoms with Crippen molar-refractivity contribution in [1.82, 2.24) is 5.32 Å². The Morgan fingerprint density at radius 3 is 3.12 bits per heavy atom. The van der Waals surface area contributed by atoms with Gasteiger partial charge in [0.15, 0.2) is 0 Å². The monoisotopic (exact) mass is 218 g/mol. The van der Waals surface area contributed by atoms with Crippen molar-refractivity contribution in [2.45, 2.75) is 25.4 Å². The number of anilines is 1. The van der Waals surface area contributed by atoms with Gasteiger partial charge in [0, 0.05) is 18.8 Å². The molecule has 1 atom stereocenters. The first-order chi connectivity index (χ1) is 7.92. The van der Waals surface area contributed by atoms with Crippen LogP contribution < -0.4 is 15.4 Å². The van der Waals surface area contributed by atoms with Gasteiger partial charge in [-0.3, -0.25) is 0 Å². The number of piperidine rings is 1. The molecule has 2 aliphatic rings. The molecule has 2 heterocycles. The molecular weight excluding hydrogens is 200 g/mol. The zero-order chi connectivity index (χ0) is 10.8. The molecule has 3 nitrogen and oxygen atoms in total. The van der Waals surface area contributed by atoms with E-state index in [1.807, 2.05) is 0 Å². The Morgan fingerprint density at radius 1 is 1.25 bits per heavy atom. The molecule has 16 heavy (non-hydrogen) atoms. The fourth-order valence-electron chi connectivity index (χ4n) is 2.47. The summed E-state index contributed by atoms with van der Waals surface area (Å²) in [5, 5.41) is 6.73. The van der Waals surface area contributed by atoms with E-state index in [2.05, 4.69) is 28.8 Å². The zero-order valence-corrected chi connectivity index (χ0v) is 9.46. The van der Waals surface area contributed by atoms with Gasteiger partial charge in [0.2, 0.25) is 0 Å². The highest BCUT2D eigenvalue weighted by Crippen LogP contribution is 2.27. The first kappa shape index (κ1) is 9.97. The SMILES string of the molecule is c1cc2c(cc1OC1CCCNC1)CCN2. The predicted molar refractivity (Wildman–Crippen MR) is 65.2 cm³/mol. The van der Waals surface area contributed by atoms with Crippen LogP contribution >= 0.6 is 0 Å². The largest absolute Gasteiger partial charge is 0.489 e. The Hall–Kier alpha value is -1.22. The average molecular weight is 218 g/mol. The molecule has 1 fully saturated rings. The zero-order valence-electron chi connectivity index (χ0n) is 9.46. The highest BCUT2D eigenvalue weighted by atomic mass is 16.5. The smallest absolute Gasteiger partial charge is 0.120 e. The van der Waals surface area contributed by atoms with Crippen molar-refractivity contribution >= 4 is 5.69 Å². The molecule has 0 saturated carbocycles. The topological polar surface area (TPSA) is 33.3 Å². The van der Waals surface area contributed by atoms with Crippen LogP contribution in [0.2, 0.25) is 0 Å². The van der Waals surface area contributed by atoms with Gasteiger partial charge in [-0.15, -0.1) is 0 Å². The summed E-state index contributed by atoms with van der Waals surface area (Å²) in [5.41, 5.74) is 2.66. The van der Waals surface area contributed by atoms with Crippen molar-refractivity contribution < 1.29 is 4.74 Å². The van der Waals surface area contributed by atoms with Gasteiger partial charge in [0.05, 0.1) is 0 Å². The minimum absolute atomic E-state index is 0.348. The molecule has 0 radical (unpaired) electrons. The van der Waals surface area contributed by atoms with E-state index in [4.69, 9.17) is 4.74 Å². The third kappa shape index (κ3) is 2.00. The number of hydrogen-bond donors (Lipinski definition) is 2. The lowest BCUT2D eigenvalue weighted by molar-refractivity contribution is 0.167. The molecule has 1 unspecified atom stereocenters. The van der Waals surface area contributed by atoms with Crippen LogP contribution in [0, 0.1) is 0 Å². The summed E-state index contributed by atoms with van der Waals surface area (Å²) in [6.45, 7) is 3.17. The van der Waals surface area contributed by atoms with E-state index in [9.17, 15) is 0 Å². The second kappa shape index (κ2) is 4.34. The van der Waals surface area contributed by atoms with E-state index in [-0.39, 0.29) is 0 Å². The van der Waals surface area contributed by atoms with E-state index in [0.29, 0.717) is 6.10 Å². The maximum atomic E-state index is 5.99. The molecule has 2 N–H and O–H groups in total. The van der Waals surface area contributed by atoms with Crippen LogP contribution in [0.1, 0.15) is 18.4 Å². The van der Waals surface area contributed by atoms with Gasteiger partial charge in [-0.25, -0.2) is 0 Å². The third-order valence-corrected chi connectivity index (χ3v) is 3.34. The lowest BCUT2D eigenvalue weighted by Gasteiger charge is -2.24. The van der Waals surface area contributed by atoms with E-state index in [0.717, 1.165) is 31.8 Å². The van der Waals surface area contributed by atoms with Gasteiger partial charge in [-0.1, -0.05) is 0 Å². The number of rotatable bonds is 2. The lowest BCUT2D eigenvalue weighted by atomic mass is 10.1. The molecule has 1 aromatic carbocycles. The fraction of sp³-hybridized carbons (Fsp3) is 0.538. The fourth-order valence-corrected chi connectivity index (χ4v) is 2.47. The number of nitrogens with one attached hydrogen (secondary N) is 2. The summed E-state index contributed by atoms with van der Waals surface area (Å²) in [6, 6.07) is 6.39. The molecule has 0 aromatic heterocycles. The maximum absolute atomic E-state index is 5.99. The molecule has 1 aromatic rings. The van der Waals surface area contributed by atoms with Crippen LogP contribution in [0.15, 0.2) is 18.2 Å². The molecule has 0 aliphatic carbocycles. The maximum Gasteiger partial charge on any atom is 0.120 e. The molecule has 0 spiro atoms. The standard InChI is InChI=1S/C13H18N2O/c1-2-12(9-14-6-1)16-11-3-4-13-10(8-11)5-7-15-13/h3-4,8,12,14-15H,1-2,5-7,9H2. The van der Waals surface area contributed by atoms with Crippen molar-refractivity contribution in [3.05, 3.63) is 23.8 Å². The molecule has 0 amide bonds. The lowest BCUT2D eigenvalue weighted by Crippen LogP contribution is -2.37. The second-order valence-corrected chi connectivity index (χ2v) is 4.58. The summed E-state index contributed by atoms with van der Waals surface area (Å²) in [5.74, 6) is 1.02. The van der Waals surface area contributed by atoms with Crippen molar-refractivity contribution in [3.63, 3.8) is 0 Å². The predicted octanol–water partition coefficient (Wildman–Crippen LogP) is 1.79. The highest BCUT2D eigenvalue weighted by molar-refractivity contribution is 5.57. The Kier molecular flexibility index (Phi) is 2.70. The average Bonchev–Trinajstić information content (AvgIpc) is 2.77. The summed E-state index contributed by atoms with van der Waals surface area (Å²) < 4.78 is 5.99. The third-order valence-electron chi connectivity index (χ3n) is 3.34.